The number of nitrogens with zero attached hydrogens (tertiary/aromatic N) is 2. The van der Waals surface area contributed by atoms with Crippen LogP contribution in [0.5, 0.6) is 5.75 Å². The fourth-order valence-electron chi connectivity index (χ4n) is 3.50. The zero-order chi connectivity index (χ0) is 22.3. The van der Waals surface area contributed by atoms with Crippen LogP contribution in [-0.4, -0.2) is 34.6 Å². The number of carbonyl (C=O) groups is 1. The average Bonchev–Trinajstić information content (AvgIpc) is 2.86. The number of fused-ring (bicyclic) bond motifs is 1. The van der Waals surface area contributed by atoms with Crippen LogP contribution in [-0.2, 0) is 11.4 Å². The van der Waals surface area contributed by atoms with Crippen molar-refractivity contribution in [3.05, 3.63) is 102 Å². The lowest BCUT2D eigenvalue weighted by Crippen LogP contribution is -2.21. The number of aliphatic hydroxyl groups is 1. The summed E-state index contributed by atoms with van der Waals surface area (Å²) in [6.07, 6.45) is 3.26. The fraction of sp³-hybridized carbons (Fsp3) is 0.115. The van der Waals surface area contributed by atoms with Gasteiger partial charge in [-0.25, -0.2) is 4.98 Å². The molecule has 0 aliphatic heterocycles. The highest BCUT2D eigenvalue weighted by atomic mass is 16.5. The zero-order valence-electron chi connectivity index (χ0n) is 17.7. The number of nitrogens with one attached hydrogen (secondary N) is 1. The highest BCUT2D eigenvalue weighted by Gasteiger charge is 2.18. The fourth-order valence-corrected chi connectivity index (χ4v) is 3.50. The van der Waals surface area contributed by atoms with E-state index in [4.69, 9.17) is 4.74 Å². The number of hydrogen-bond acceptors (Lipinski definition) is 5. The minimum atomic E-state index is -0.279. The number of aliphatic hydroxyl groups excluding tert-OH is 1. The molecule has 6 heteroatoms. The maximum absolute atomic E-state index is 12.7. The summed E-state index contributed by atoms with van der Waals surface area (Å²) in [7, 11) is 1.57. The van der Waals surface area contributed by atoms with Crippen molar-refractivity contribution in [2.24, 2.45) is 0 Å². The van der Waals surface area contributed by atoms with Crippen LogP contribution >= 0.6 is 0 Å². The molecule has 0 saturated carbocycles. The van der Waals surface area contributed by atoms with Gasteiger partial charge in [0, 0.05) is 24.8 Å². The van der Waals surface area contributed by atoms with Gasteiger partial charge in [-0.05, 0) is 53.1 Å². The number of hydrogen-bond donors (Lipinski definition) is 2. The highest BCUT2D eigenvalue weighted by Crippen LogP contribution is 2.28. The van der Waals surface area contributed by atoms with Crippen LogP contribution in [0.3, 0.4) is 0 Å². The SMILES string of the molecule is CNC(=O)/C(=C(\CO)c1ccncc1)c1ccc(OCc2ccc3ccccc3n2)cc1. The summed E-state index contributed by atoms with van der Waals surface area (Å²) in [6.45, 7) is 0.0554. The maximum Gasteiger partial charge on any atom is 0.252 e. The van der Waals surface area contributed by atoms with Crippen LogP contribution in [0, 0.1) is 0 Å². The average molecular weight is 425 g/mol. The zero-order valence-corrected chi connectivity index (χ0v) is 17.7. The van der Waals surface area contributed by atoms with Crippen LogP contribution in [0.25, 0.3) is 22.0 Å². The minimum absolute atomic E-state index is 0.278. The molecule has 0 fully saturated rings. The van der Waals surface area contributed by atoms with Gasteiger partial charge < -0.3 is 15.2 Å². The van der Waals surface area contributed by atoms with Crippen LogP contribution < -0.4 is 10.1 Å². The van der Waals surface area contributed by atoms with E-state index < -0.39 is 0 Å². The molecule has 2 aromatic heterocycles. The molecule has 0 bridgehead atoms. The number of amides is 1. The predicted octanol–water partition coefficient (Wildman–Crippen LogP) is 3.86. The Bertz CT molecular complexity index is 1250. The van der Waals surface area contributed by atoms with E-state index in [1.54, 1.807) is 43.7 Å². The summed E-state index contributed by atoms with van der Waals surface area (Å²) in [4.78, 5) is 21.3. The third-order valence-corrected chi connectivity index (χ3v) is 5.13. The van der Waals surface area contributed by atoms with Gasteiger partial charge in [-0.15, -0.1) is 0 Å². The van der Waals surface area contributed by atoms with E-state index in [-0.39, 0.29) is 12.5 Å². The van der Waals surface area contributed by atoms with E-state index in [0.717, 1.165) is 22.2 Å². The Hall–Kier alpha value is -4.03. The van der Waals surface area contributed by atoms with Crippen molar-refractivity contribution in [3.8, 4) is 5.75 Å². The number of aromatic nitrogens is 2. The molecule has 1 amide bonds. The first-order valence-corrected chi connectivity index (χ1v) is 10.2. The summed E-state index contributed by atoms with van der Waals surface area (Å²) in [5.41, 5.74) is 4.12. The van der Waals surface area contributed by atoms with E-state index in [1.165, 1.54) is 0 Å². The van der Waals surface area contributed by atoms with Gasteiger partial charge in [0.1, 0.15) is 12.4 Å². The second-order valence-electron chi connectivity index (χ2n) is 7.14. The maximum atomic E-state index is 12.7. The number of pyridine rings is 2. The van der Waals surface area contributed by atoms with Crippen molar-refractivity contribution >= 4 is 28.0 Å². The van der Waals surface area contributed by atoms with Gasteiger partial charge in [-0.3, -0.25) is 9.78 Å². The molecule has 2 N–H and O–H groups in total. The molecule has 2 heterocycles. The van der Waals surface area contributed by atoms with Gasteiger partial charge in [0.25, 0.3) is 5.91 Å². The van der Waals surface area contributed by atoms with E-state index in [1.807, 2.05) is 48.5 Å². The Morgan fingerprint density at radius 3 is 2.41 bits per heavy atom. The summed E-state index contributed by atoms with van der Waals surface area (Å²) in [5, 5.41) is 13.8. The largest absolute Gasteiger partial charge is 0.487 e. The Kier molecular flexibility index (Phi) is 6.53. The molecule has 6 nitrogen and oxygen atoms in total. The second-order valence-corrected chi connectivity index (χ2v) is 7.14. The molecule has 0 radical (unpaired) electrons. The molecular weight excluding hydrogens is 402 g/mol. The number of rotatable bonds is 7. The quantitative estimate of drug-likeness (QED) is 0.439. The summed E-state index contributed by atoms with van der Waals surface area (Å²) in [5.74, 6) is 0.384. The number of ether oxygens (including phenoxy) is 1. The third-order valence-electron chi connectivity index (χ3n) is 5.13. The van der Waals surface area contributed by atoms with Gasteiger partial charge in [-0.1, -0.05) is 36.4 Å². The third kappa shape index (κ3) is 4.66. The van der Waals surface area contributed by atoms with E-state index in [9.17, 15) is 9.90 Å². The van der Waals surface area contributed by atoms with E-state index in [2.05, 4.69) is 15.3 Å². The lowest BCUT2D eigenvalue weighted by molar-refractivity contribution is -0.115. The Morgan fingerprint density at radius 1 is 0.938 bits per heavy atom. The van der Waals surface area contributed by atoms with Gasteiger partial charge >= 0.3 is 0 Å². The first-order valence-electron chi connectivity index (χ1n) is 10.2. The molecule has 0 saturated heterocycles. The first kappa shape index (κ1) is 21.2. The number of likely N-dealkylation sites (N-methyl/N-ethyl adjacent to an activating group) is 1. The smallest absolute Gasteiger partial charge is 0.252 e. The lowest BCUT2D eigenvalue weighted by Gasteiger charge is -2.14. The molecule has 4 rings (SSSR count). The topological polar surface area (TPSA) is 84.3 Å². The normalized spacial score (nSPS) is 11.7. The number of para-hydroxylation sites is 1. The highest BCUT2D eigenvalue weighted by molar-refractivity contribution is 6.27. The molecular formula is C26H23N3O3. The lowest BCUT2D eigenvalue weighted by atomic mass is 9.95. The van der Waals surface area contributed by atoms with Crippen molar-refractivity contribution in [1.82, 2.24) is 15.3 Å². The first-order chi connectivity index (χ1) is 15.7. The monoisotopic (exact) mass is 425 g/mol. The number of carbonyl (C=O) groups excluding carboxylic acids is 1. The summed E-state index contributed by atoms with van der Waals surface area (Å²) >= 11 is 0. The second kappa shape index (κ2) is 9.85. The van der Waals surface area contributed by atoms with Gasteiger partial charge in [0.05, 0.1) is 23.4 Å². The van der Waals surface area contributed by atoms with Crippen LogP contribution in [0.2, 0.25) is 0 Å². The predicted molar refractivity (Wildman–Crippen MR) is 125 cm³/mol. The molecule has 4 aromatic rings. The molecule has 32 heavy (non-hydrogen) atoms. The molecule has 0 aliphatic rings. The van der Waals surface area contributed by atoms with Crippen molar-refractivity contribution in [3.63, 3.8) is 0 Å². The Labute approximate surface area is 186 Å². The van der Waals surface area contributed by atoms with E-state index >= 15 is 0 Å². The van der Waals surface area contributed by atoms with Gasteiger partial charge in [0.15, 0.2) is 0 Å². The number of benzene rings is 2. The van der Waals surface area contributed by atoms with Crippen LogP contribution in [0.4, 0.5) is 0 Å². The molecule has 0 spiro atoms. The molecule has 0 aliphatic carbocycles. The molecule has 2 aromatic carbocycles. The van der Waals surface area contributed by atoms with Crippen molar-refractivity contribution in [2.45, 2.75) is 6.61 Å². The molecule has 0 atom stereocenters. The molecule has 160 valence electrons. The van der Waals surface area contributed by atoms with Gasteiger partial charge in [-0.2, -0.15) is 0 Å². The van der Waals surface area contributed by atoms with Crippen LogP contribution in [0.1, 0.15) is 16.8 Å². The standard InChI is InChI=1S/C26H23N3O3/c1-27-26(31)25(23(16-30)18-12-14-28-15-13-18)20-7-10-22(11-8-20)32-17-21-9-6-19-4-2-3-5-24(19)29-21/h2-15,30H,16-17H2,1H3,(H,27,31)/b25-23+. The van der Waals surface area contributed by atoms with Crippen molar-refractivity contribution < 1.29 is 14.6 Å². The minimum Gasteiger partial charge on any atom is -0.487 e. The Balaban J connectivity index is 1.57. The molecule has 0 unspecified atom stereocenters. The Morgan fingerprint density at radius 2 is 1.69 bits per heavy atom. The van der Waals surface area contributed by atoms with Gasteiger partial charge in [0.2, 0.25) is 0 Å². The summed E-state index contributed by atoms with van der Waals surface area (Å²) in [6, 6.07) is 22.7. The van der Waals surface area contributed by atoms with Crippen molar-refractivity contribution in [2.75, 3.05) is 13.7 Å². The van der Waals surface area contributed by atoms with Crippen LogP contribution in [0.15, 0.2) is 85.2 Å². The van der Waals surface area contributed by atoms with E-state index in [0.29, 0.717) is 29.1 Å². The summed E-state index contributed by atoms with van der Waals surface area (Å²) < 4.78 is 5.90. The van der Waals surface area contributed by atoms with Crippen molar-refractivity contribution in [1.29, 1.82) is 0 Å².